The molecule has 0 spiro atoms. The number of ether oxygens (including phenoxy) is 3. The standard InChI is InChI=1S/C13H13NO4/c15-13-8-6-10-11(17-5-4-16-10)7-9(8)18-12-2-1-3-14(12)13/h6-7,12H,1-5H2/t12-/m1/s1. The predicted octanol–water partition coefficient (Wildman–Crippen LogP) is 1.41. The van der Waals surface area contributed by atoms with Crippen LogP contribution in [0.25, 0.3) is 0 Å². The fourth-order valence-electron chi connectivity index (χ4n) is 2.73. The minimum absolute atomic E-state index is 0.0377. The highest BCUT2D eigenvalue weighted by Gasteiger charge is 2.38. The Kier molecular flexibility index (Phi) is 1.98. The molecule has 0 aromatic heterocycles. The van der Waals surface area contributed by atoms with Crippen LogP contribution in [0, 0.1) is 0 Å². The Morgan fingerprint density at radius 2 is 1.89 bits per heavy atom. The lowest BCUT2D eigenvalue weighted by Gasteiger charge is -2.32. The van der Waals surface area contributed by atoms with Gasteiger partial charge in [-0.1, -0.05) is 0 Å². The van der Waals surface area contributed by atoms with Gasteiger partial charge in [-0.2, -0.15) is 0 Å². The Morgan fingerprint density at radius 1 is 1.11 bits per heavy atom. The summed E-state index contributed by atoms with van der Waals surface area (Å²) in [5, 5.41) is 0. The highest BCUT2D eigenvalue weighted by Crippen LogP contribution is 2.41. The minimum Gasteiger partial charge on any atom is -0.486 e. The van der Waals surface area contributed by atoms with Crippen molar-refractivity contribution in [2.45, 2.75) is 19.1 Å². The molecule has 0 unspecified atom stereocenters. The first-order valence-electron chi connectivity index (χ1n) is 6.24. The molecular weight excluding hydrogens is 234 g/mol. The molecular formula is C13H13NO4. The number of fused-ring (bicyclic) bond motifs is 3. The molecule has 0 N–H and O–H groups in total. The fraction of sp³-hybridized carbons (Fsp3) is 0.462. The van der Waals surface area contributed by atoms with E-state index in [-0.39, 0.29) is 12.1 Å². The molecule has 1 fully saturated rings. The number of rotatable bonds is 0. The van der Waals surface area contributed by atoms with Crippen molar-refractivity contribution in [3.63, 3.8) is 0 Å². The van der Waals surface area contributed by atoms with Crippen LogP contribution in [0.1, 0.15) is 23.2 Å². The van der Waals surface area contributed by atoms with Crippen LogP contribution in [0.3, 0.4) is 0 Å². The number of carbonyl (C=O) groups excluding carboxylic acids is 1. The number of carbonyl (C=O) groups is 1. The Labute approximate surface area is 104 Å². The first-order valence-corrected chi connectivity index (χ1v) is 6.24. The third-order valence-electron chi connectivity index (χ3n) is 3.60. The summed E-state index contributed by atoms with van der Waals surface area (Å²) in [7, 11) is 0. The molecule has 18 heavy (non-hydrogen) atoms. The first-order chi connectivity index (χ1) is 8.83. The average Bonchev–Trinajstić information content (AvgIpc) is 2.86. The zero-order valence-corrected chi connectivity index (χ0v) is 9.85. The quantitative estimate of drug-likeness (QED) is 0.695. The second kappa shape index (κ2) is 3.54. The maximum Gasteiger partial charge on any atom is 0.260 e. The number of nitrogens with zero attached hydrogens (tertiary/aromatic N) is 1. The molecule has 1 amide bonds. The van der Waals surface area contributed by atoms with Gasteiger partial charge in [-0.05, 0) is 6.42 Å². The Hall–Kier alpha value is -1.91. The van der Waals surface area contributed by atoms with Crippen LogP contribution >= 0.6 is 0 Å². The van der Waals surface area contributed by atoms with Gasteiger partial charge in [-0.3, -0.25) is 4.79 Å². The summed E-state index contributed by atoms with van der Waals surface area (Å²) in [6, 6.07) is 3.51. The van der Waals surface area contributed by atoms with Gasteiger partial charge in [0.1, 0.15) is 19.0 Å². The first kappa shape index (κ1) is 10.1. The van der Waals surface area contributed by atoms with Crippen LogP contribution in [-0.2, 0) is 0 Å². The lowest BCUT2D eigenvalue weighted by molar-refractivity contribution is 0.0289. The number of hydrogen-bond acceptors (Lipinski definition) is 4. The van der Waals surface area contributed by atoms with Crippen molar-refractivity contribution in [3.8, 4) is 17.2 Å². The van der Waals surface area contributed by atoms with E-state index in [4.69, 9.17) is 14.2 Å². The van der Waals surface area contributed by atoms with E-state index in [1.54, 1.807) is 17.0 Å². The van der Waals surface area contributed by atoms with E-state index < -0.39 is 0 Å². The zero-order chi connectivity index (χ0) is 12.1. The topological polar surface area (TPSA) is 48.0 Å². The van der Waals surface area contributed by atoms with Crippen LogP contribution in [-0.4, -0.2) is 36.8 Å². The molecule has 1 aromatic carbocycles. The number of benzene rings is 1. The molecule has 94 valence electrons. The molecule has 1 atom stereocenters. The van der Waals surface area contributed by atoms with E-state index in [1.165, 1.54) is 0 Å². The van der Waals surface area contributed by atoms with Crippen molar-refractivity contribution in [1.82, 2.24) is 4.90 Å². The van der Waals surface area contributed by atoms with Crippen LogP contribution in [0.4, 0.5) is 0 Å². The lowest BCUT2D eigenvalue weighted by Crippen LogP contribution is -2.43. The third-order valence-corrected chi connectivity index (χ3v) is 3.60. The second-order valence-corrected chi connectivity index (χ2v) is 4.71. The Bertz CT molecular complexity index is 528. The molecule has 3 aliphatic rings. The van der Waals surface area contributed by atoms with Crippen molar-refractivity contribution >= 4 is 5.91 Å². The molecule has 3 heterocycles. The molecule has 4 rings (SSSR count). The van der Waals surface area contributed by atoms with Crippen molar-refractivity contribution in [2.75, 3.05) is 19.8 Å². The second-order valence-electron chi connectivity index (χ2n) is 4.71. The van der Waals surface area contributed by atoms with Crippen LogP contribution < -0.4 is 14.2 Å². The van der Waals surface area contributed by atoms with Gasteiger partial charge in [-0.15, -0.1) is 0 Å². The normalized spacial score (nSPS) is 24.3. The van der Waals surface area contributed by atoms with Gasteiger partial charge in [-0.25, -0.2) is 0 Å². The van der Waals surface area contributed by atoms with Crippen LogP contribution in [0.2, 0.25) is 0 Å². The minimum atomic E-state index is -0.104. The van der Waals surface area contributed by atoms with Gasteiger partial charge in [0.2, 0.25) is 0 Å². The highest BCUT2D eigenvalue weighted by atomic mass is 16.6. The summed E-state index contributed by atoms with van der Waals surface area (Å²) >= 11 is 0. The summed E-state index contributed by atoms with van der Waals surface area (Å²) in [6.45, 7) is 1.83. The van der Waals surface area contributed by atoms with Gasteiger partial charge in [0.05, 0.1) is 5.56 Å². The van der Waals surface area contributed by atoms with Gasteiger partial charge in [0.15, 0.2) is 17.7 Å². The summed E-state index contributed by atoms with van der Waals surface area (Å²) in [5.74, 6) is 1.96. The monoisotopic (exact) mass is 247 g/mol. The zero-order valence-electron chi connectivity index (χ0n) is 9.85. The van der Waals surface area contributed by atoms with Crippen molar-refractivity contribution < 1.29 is 19.0 Å². The van der Waals surface area contributed by atoms with Crippen molar-refractivity contribution in [3.05, 3.63) is 17.7 Å². The van der Waals surface area contributed by atoms with E-state index >= 15 is 0 Å². The summed E-state index contributed by atoms with van der Waals surface area (Å²) in [6.07, 6.45) is 1.80. The molecule has 0 aliphatic carbocycles. The summed E-state index contributed by atoms with van der Waals surface area (Å²) in [4.78, 5) is 14.1. The highest BCUT2D eigenvalue weighted by molar-refractivity contribution is 5.99. The number of hydrogen-bond donors (Lipinski definition) is 0. The van der Waals surface area contributed by atoms with Gasteiger partial charge in [0, 0.05) is 25.1 Å². The number of amides is 1. The van der Waals surface area contributed by atoms with Crippen molar-refractivity contribution in [1.29, 1.82) is 0 Å². The lowest BCUT2D eigenvalue weighted by atomic mass is 10.1. The maximum atomic E-state index is 12.3. The fourth-order valence-corrected chi connectivity index (χ4v) is 2.73. The van der Waals surface area contributed by atoms with Gasteiger partial charge >= 0.3 is 0 Å². The maximum absolute atomic E-state index is 12.3. The van der Waals surface area contributed by atoms with E-state index in [0.717, 1.165) is 19.4 Å². The van der Waals surface area contributed by atoms with Crippen LogP contribution in [0.5, 0.6) is 17.2 Å². The molecule has 0 saturated carbocycles. The Morgan fingerprint density at radius 3 is 2.72 bits per heavy atom. The molecule has 5 nitrogen and oxygen atoms in total. The molecule has 1 saturated heterocycles. The average molecular weight is 247 g/mol. The summed E-state index contributed by atoms with van der Waals surface area (Å²) < 4.78 is 16.9. The van der Waals surface area contributed by atoms with E-state index in [1.807, 2.05) is 0 Å². The van der Waals surface area contributed by atoms with Crippen LogP contribution in [0.15, 0.2) is 12.1 Å². The Balaban J connectivity index is 1.81. The predicted molar refractivity (Wildman–Crippen MR) is 62.1 cm³/mol. The molecule has 0 bridgehead atoms. The van der Waals surface area contributed by atoms with E-state index in [2.05, 4.69) is 0 Å². The molecule has 1 aromatic rings. The SMILES string of the molecule is O=C1c2cc3c(cc2O[C@@H]2CCCN12)OCCO3. The van der Waals surface area contributed by atoms with Gasteiger partial charge < -0.3 is 19.1 Å². The van der Waals surface area contributed by atoms with Crippen molar-refractivity contribution in [2.24, 2.45) is 0 Å². The van der Waals surface area contributed by atoms with E-state index in [9.17, 15) is 4.79 Å². The molecule has 0 radical (unpaired) electrons. The third kappa shape index (κ3) is 1.30. The summed E-state index contributed by atoms with van der Waals surface area (Å²) in [5.41, 5.74) is 0.581. The largest absolute Gasteiger partial charge is 0.486 e. The smallest absolute Gasteiger partial charge is 0.260 e. The van der Waals surface area contributed by atoms with E-state index in [0.29, 0.717) is 36.0 Å². The molecule has 5 heteroatoms. The molecule has 3 aliphatic heterocycles. The van der Waals surface area contributed by atoms with Gasteiger partial charge in [0.25, 0.3) is 5.91 Å².